The molecule has 1 N–H and O–H groups in total. The number of carbonyl (C=O) groups excluding carboxylic acids is 2. The van der Waals surface area contributed by atoms with Gasteiger partial charge in [0.2, 0.25) is 5.91 Å². The standard InChI is InChI=1S/C23H21N3O4S/c1-29-16-10-9-15(19(12-16)30-2)13-25-21(27)14-26-18-7-3-4-8-20(18)31-22-17(23(26)28)6-5-11-24-22/h3-12H,13-14H2,1-2H3,(H,25,27). The van der Waals surface area contributed by atoms with Crippen molar-refractivity contribution < 1.29 is 19.1 Å². The Morgan fingerprint density at radius 2 is 1.94 bits per heavy atom. The van der Waals surface area contributed by atoms with Gasteiger partial charge in [0.25, 0.3) is 5.91 Å². The number of nitrogens with zero attached hydrogens (tertiary/aromatic N) is 2. The second kappa shape index (κ2) is 9.09. The molecule has 0 aliphatic carbocycles. The third-order valence-corrected chi connectivity index (χ3v) is 5.97. The molecule has 1 aromatic heterocycles. The fourth-order valence-corrected chi connectivity index (χ4v) is 4.33. The van der Waals surface area contributed by atoms with Gasteiger partial charge in [-0.1, -0.05) is 23.9 Å². The Balaban J connectivity index is 1.54. The van der Waals surface area contributed by atoms with Crippen molar-refractivity contribution in [3.63, 3.8) is 0 Å². The molecule has 0 saturated heterocycles. The topological polar surface area (TPSA) is 80.8 Å². The smallest absolute Gasteiger partial charge is 0.261 e. The minimum Gasteiger partial charge on any atom is -0.497 e. The maximum atomic E-state index is 13.2. The Morgan fingerprint density at radius 1 is 1.10 bits per heavy atom. The molecule has 7 nitrogen and oxygen atoms in total. The lowest BCUT2D eigenvalue weighted by molar-refractivity contribution is -0.119. The molecule has 2 heterocycles. The number of nitrogens with one attached hydrogen (secondary N) is 1. The second-order valence-corrected chi connectivity index (χ2v) is 7.80. The predicted molar refractivity (Wildman–Crippen MR) is 118 cm³/mol. The highest BCUT2D eigenvalue weighted by Gasteiger charge is 2.29. The lowest BCUT2D eigenvalue weighted by Crippen LogP contribution is -2.40. The lowest BCUT2D eigenvalue weighted by atomic mass is 10.2. The summed E-state index contributed by atoms with van der Waals surface area (Å²) in [5, 5.41) is 3.51. The number of hydrogen-bond donors (Lipinski definition) is 1. The summed E-state index contributed by atoms with van der Waals surface area (Å²) in [4.78, 5) is 32.7. The molecule has 2 aromatic carbocycles. The number of amides is 2. The highest BCUT2D eigenvalue weighted by Crippen LogP contribution is 2.39. The summed E-state index contributed by atoms with van der Waals surface area (Å²) in [6.07, 6.45) is 1.66. The van der Waals surface area contributed by atoms with Crippen LogP contribution in [0.5, 0.6) is 11.5 Å². The Bertz CT molecular complexity index is 1140. The SMILES string of the molecule is COc1ccc(CNC(=O)CN2C(=O)c3cccnc3Sc3ccccc32)c(OC)c1. The molecule has 31 heavy (non-hydrogen) atoms. The first kappa shape index (κ1) is 20.7. The van der Waals surface area contributed by atoms with Crippen LogP contribution in [-0.4, -0.2) is 37.6 Å². The number of fused-ring (bicyclic) bond motifs is 2. The van der Waals surface area contributed by atoms with Gasteiger partial charge in [-0.2, -0.15) is 0 Å². The summed E-state index contributed by atoms with van der Waals surface area (Å²) in [6, 6.07) is 16.4. The Labute approximate surface area is 184 Å². The Morgan fingerprint density at radius 3 is 2.74 bits per heavy atom. The van der Waals surface area contributed by atoms with Gasteiger partial charge in [-0.05, 0) is 36.4 Å². The number of ether oxygens (including phenoxy) is 2. The highest BCUT2D eigenvalue weighted by atomic mass is 32.2. The number of hydrogen-bond acceptors (Lipinski definition) is 6. The number of aromatic nitrogens is 1. The van der Waals surface area contributed by atoms with E-state index in [1.807, 2.05) is 30.3 Å². The Kier molecular flexibility index (Phi) is 6.08. The van der Waals surface area contributed by atoms with Crippen LogP contribution in [0.1, 0.15) is 15.9 Å². The van der Waals surface area contributed by atoms with Gasteiger partial charge < -0.3 is 14.8 Å². The molecule has 0 unspecified atom stereocenters. The zero-order valence-corrected chi connectivity index (χ0v) is 17.9. The molecule has 8 heteroatoms. The summed E-state index contributed by atoms with van der Waals surface area (Å²) in [7, 11) is 3.15. The maximum absolute atomic E-state index is 13.2. The number of methoxy groups -OCH3 is 2. The largest absolute Gasteiger partial charge is 0.497 e. The summed E-state index contributed by atoms with van der Waals surface area (Å²) >= 11 is 1.42. The van der Waals surface area contributed by atoms with Crippen LogP contribution in [-0.2, 0) is 11.3 Å². The average molecular weight is 436 g/mol. The average Bonchev–Trinajstić information content (AvgIpc) is 2.92. The lowest BCUT2D eigenvalue weighted by Gasteiger charge is -2.22. The van der Waals surface area contributed by atoms with E-state index in [0.29, 0.717) is 27.8 Å². The normalized spacial score (nSPS) is 12.5. The second-order valence-electron chi connectivity index (χ2n) is 6.77. The van der Waals surface area contributed by atoms with Gasteiger partial charge in [-0.25, -0.2) is 4.98 Å². The number of carbonyl (C=O) groups is 2. The van der Waals surface area contributed by atoms with Crippen molar-refractivity contribution in [2.24, 2.45) is 0 Å². The van der Waals surface area contributed by atoms with Gasteiger partial charge in [-0.3, -0.25) is 14.5 Å². The van der Waals surface area contributed by atoms with E-state index >= 15 is 0 Å². The van der Waals surface area contributed by atoms with Crippen LogP contribution in [0.25, 0.3) is 0 Å². The van der Waals surface area contributed by atoms with E-state index in [-0.39, 0.29) is 24.9 Å². The number of rotatable bonds is 6. The molecular weight excluding hydrogens is 414 g/mol. The summed E-state index contributed by atoms with van der Waals surface area (Å²) in [5.41, 5.74) is 1.98. The Hall–Kier alpha value is -3.52. The van der Waals surface area contributed by atoms with Crippen LogP contribution in [0.3, 0.4) is 0 Å². The quantitative estimate of drug-likeness (QED) is 0.638. The molecule has 158 valence electrons. The molecule has 3 aromatic rings. The zero-order valence-electron chi connectivity index (χ0n) is 17.1. The molecule has 4 rings (SSSR count). The molecule has 0 radical (unpaired) electrons. The molecule has 2 amide bonds. The molecule has 1 aliphatic heterocycles. The number of anilines is 1. The van der Waals surface area contributed by atoms with Crippen molar-refractivity contribution in [1.29, 1.82) is 0 Å². The third-order valence-electron chi connectivity index (χ3n) is 4.88. The maximum Gasteiger partial charge on any atom is 0.261 e. The molecule has 0 atom stereocenters. The molecule has 0 fully saturated rings. The fourth-order valence-electron chi connectivity index (χ4n) is 3.31. The van der Waals surface area contributed by atoms with Gasteiger partial charge in [-0.15, -0.1) is 0 Å². The first-order chi connectivity index (χ1) is 15.1. The summed E-state index contributed by atoms with van der Waals surface area (Å²) in [5.74, 6) is 0.756. The van der Waals surface area contributed by atoms with Crippen molar-refractivity contribution in [3.8, 4) is 11.5 Å². The first-order valence-electron chi connectivity index (χ1n) is 9.62. The summed E-state index contributed by atoms with van der Waals surface area (Å²) < 4.78 is 10.6. The van der Waals surface area contributed by atoms with Crippen LogP contribution in [0.2, 0.25) is 0 Å². The van der Waals surface area contributed by atoms with Gasteiger partial charge in [0.05, 0.1) is 25.5 Å². The van der Waals surface area contributed by atoms with Gasteiger partial charge in [0.15, 0.2) is 0 Å². The molecule has 0 saturated carbocycles. The molecule has 1 aliphatic rings. The van der Waals surface area contributed by atoms with E-state index in [1.165, 1.54) is 16.7 Å². The monoisotopic (exact) mass is 435 g/mol. The van der Waals surface area contributed by atoms with Crippen LogP contribution in [0, 0.1) is 0 Å². The minimum atomic E-state index is -0.279. The van der Waals surface area contributed by atoms with Gasteiger partial charge in [0.1, 0.15) is 23.1 Å². The van der Waals surface area contributed by atoms with Gasteiger partial charge in [0, 0.05) is 29.3 Å². The number of benzene rings is 2. The van der Waals surface area contributed by atoms with E-state index in [4.69, 9.17) is 9.47 Å². The van der Waals surface area contributed by atoms with Crippen molar-refractivity contribution in [3.05, 3.63) is 71.9 Å². The van der Waals surface area contributed by atoms with Gasteiger partial charge >= 0.3 is 0 Å². The van der Waals surface area contributed by atoms with E-state index in [0.717, 1.165) is 10.5 Å². The zero-order chi connectivity index (χ0) is 21.8. The highest BCUT2D eigenvalue weighted by molar-refractivity contribution is 7.99. The van der Waals surface area contributed by atoms with Crippen molar-refractivity contribution >= 4 is 29.3 Å². The number of para-hydroxylation sites is 1. The summed E-state index contributed by atoms with van der Waals surface area (Å²) in [6.45, 7) is 0.159. The minimum absolute atomic E-state index is 0.108. The molecule has 0 bridgehead atoms. The van der Waals surface area contributed by atoms with Crippen molar-refractivity contribution in [2.45, 2.75) is 16.5 Å². The van der Waals surface area contributed by atoms with E-state index in [2.05, 4.69) is 10.3 Å². The van der Waals surface area contributed by atoms with Crippen LogP contribution in [0.15, 0.2) is 70.7 Å². The van der Waals surface area contributed by atoms with Crippen molar-refractivity contribution in [2.75, 3.05) is 25.7 Å². The number of pyridine rings is 1. The van der Waals surface area contributed by atoms with E-state index in [9.17, 15) is 9.59 Å². The van der Waals surface area contributed by atoms with Crippen LogP contribution >= 0.6 is 11.8 Å². The predicted octanol–water partition coefficient (Wildman–Crippen LogP) is 3.53. The molecule has 0 spiro atoms. The molecular formula is C23H21N3O4S. The van der Waals surface area contributed by atoms with Crippen molar-refractivity contribution in [1.82, 2.24) is 10.3 Å². The third kappa shape index (κ3) is 4.34. The first-order valence-corrected chi connectivity index (χ1v) is 10.4. The van der Waals surface area contributed by atoms with Crippen LogP contribution < -0.4 is 19.7 Å². The fraction of sp³-hybridized carbons (Fsp3) is 0.174. The van der Waals surface area contributed by atoms with E-state index < -0.39 is 0 Å². The van der Waals surface area contributed by atoms with E-state index in [1.54, 1.807) is 44.7 Å². The van der Waals surface area contributed by atoms with Crippen LogP contribution in [0.4, 0.5) is 5.69 Å².